The van der Waals surface area contributed by atoms with E-state index in [-0.39, 0.29) is 5.41 Å². The summed E-state index contributed by atoms with van der Waals surface area (Å²) >= 11 is 0. The van der Waals surface area contributed by atoms with Crippen LogP contribution in [0.25, 0.3) is 0 Å². The molecule has 1 heteroatoms. The molecule has 2 saturated carbocycles. The van der Waals surface area contributed by atoms with Gasteiger partial charge in [-0.05, 0) is 31.1 Å². The van der Waals surface area contributed by atoms with Crippen molar-refractivity contribution in [2.45, 2.75) is 45.4 Å². The highest BCUT2D eigenvalue weighted by Crippen LogP contribution is 2.51. The van der Waals surface area contributed by atoms with Crippen LogP contribution in [0.1, 0.15) is 45.4 Å². The summed E-state index contributed by atoms with van der Waals surface area (Å²) in [7, 11) is 0. The molecule has 0 bridgehead atoms. The van der Waals surface area contributed by atoms with Crippen molar-refractivity contribution < 1.29 is 4.79 Å². The summed E-state index contributed by atoms with van der Waals surface area (Å²) in [6.07, 6.45) is 8.94. The van der Waals surface area contributed by atoms with Crippen molar-refractivity contribution in [3.63, 3.8) is 0 Å². The van der Waals surface area contributed by atoms with E-state index in [9.17, 15) is 4.79 Å². The Bertz CT molecular complexity index is 177. The fraction of sp³-hybridized carbons (Fsp3) is 0.909. The summed E-state index contributed by atoms with van der Waals surface area (Å²) in [5, 5.41) is 0. The highest BCUT2D eigenvalue weighted by atomic mass is 16.1. The fourth-order valence-electron chi connectivity index (χ4n) is 2.35. The highest BCUT2D eigenvalue weighted by molar-refractivity contribution is 5.63. The van der Waals surface area contributed by atoms with Gasteiger partial charge in [0.25, 0.3) is 0 Å². The molecular formula is C11H18O. The Labute approximate surface area is 74.5 Å². The lowest BCUT2D eigenvalue weighted by Crippen LogP contribution is -2.22. The summed E-state index contributed by atoms with van der Waals surface area (Å²) in [6.45, 7) is 2.33. The van der Waals surface area contributed by atoms with Crippen molar-refractivity contribution >= 4 is 6.29 Å². The third-order valence-electron chi connectivity index (χ3n) is 3.83. The van der Waals surface area contributed by atoms with E-state index in [0.29, 0.717) is 0 Å². The Morgan fingerprint density at radius 3 is 2.50 bits per heavy atom. The van der Waals surface area contributed by atoms with Crippen LogP contribution in [-0.2, 0) is 4.79 Å². The zero-order valence-electron chi connectivity index (χ0n) is 7.88. The third kappa shape index (κ3) is 1.41. The van der Waals surface area contributed by atoms with E-state index in [2.05, 4.69) is 6.92 Å². The molecule has 0 heterocycles. The number of hydrogen-bond donors (Lipinski definition) is 0. The molecule has 2 aliphatic carbocycles. The molecular weight excluding hydrogens is 148 g/mol. The normalized spacial score (nSPS) is 29.1. The number of hydrogen-bond acceptors (Lipinski definition) is 1. The Morgan fingerprint density at radius 1 is 1.50 bits per heavy atom. The van der Waals surface area contributed by atoms with Crippen LogP contribution in [0.3, 0.4) is 0 Å². The number of carbonyl (C=O) groups is 1. The summed E-state index contributed by atoms with van der Waals surface area (Å²) in [4.78, 5) is 10.8. The second-order valence-corrected chi connectivity index (χ2v) is 4.85. The smallest absolute Gasteiger partial charge is 0.126 e. The number of aldehydes is 1. The van der Waals surface area contributed by atoms with Gasteiger partial charge in [-0.1, -0.05) is 26.2 Å². The highest BCUT2D eigenvalue weighted by Gasteiger charge is 2.44. The first-order chi connectivity index (χ1) is 5.76. The second kappa shape index (κ2) is 2.86. The molecule has 0 saturated heterocycles. The maximum Gasteiger partial charge on any atom is 0.126 e. The van der Waals surface area contributed by atoms with Gasteiger partial charge >= 0.3 is 0 Å². The molecule has 0 amide bonds. The van der Waals surface area contributed by atoms with E-state index in [1.807, 2.05) is 0 Å². The van der Waals surface area contributed by atoms with Crippen molar-refractivity contribution in [1.82, 2.24) is 0 Å². The van der Waals surface area contributed by atoms with Crippen molar-refractivity contribution in [3.05, 3.63) is 0 Å². The van der Waals surface area contributed by atoms with E-state index in [1.54, 1.807) is 0 Å². The van der Waals surface area contributed by atoms with Gasteiger partial charge in [-0.25, -0.2) is 0 Å². The Morgan fingerprint density at radius 2 is 2.17 bits per heavy atom. The van der Waals surface area contributed by atoms with Gasteiger partial charge in [0.2, 0.25) is 0 Å². The van der Waals surface area contributed by atoms with Crippen molar-refractivity contribution in [3.8, 4) is 0 Å². The third-order valence-corrected chi connectivity index (χ3v) is 3.83. The van der Waals surface area contributed by atoms with E-state index in [1.165, 1.54) is 32.0 Å². The molecule has 0 aromatic rings. The summed E-state index contributed by atoms with van der Waals surface area (Å²) in [6, 6.07) is 0. The molecule has 2 aliphatic rings. The minimum atomic E-state index is 0.148. The number of rotatable bonds is 4. The Kier molecular flexibility index (Phi) is 1.97. The lowest BCUT2D eigenvalue weighted by atomic mass is 9.73. The van der Waals surface area contributed by atoms with Crippen molar-refractivity contribution in [1.29, 1.82) is 0 Å². The van der Waals surface area contributed by atoms with Crippen molar-refractivity contribution in [2.75, 3.05) is 0 Å². The maximum absolute atomic E-state index is 10.8. The standard InChI is InChI=1S/C11H18O/c1-9(10-3-2-4-10)7-11(8-12)5-6-11/h8-10H,2-7H2,1H3. The molecule has 2 rings (SSSR count). The van der Waals surface area contributed by atoms with Gasteiger partial charge < -0.3 is 4.79 Å². The molecule has 0 aliphatic heterocycles. The Balaban J connectivity index is 1.81. The Hall–Kier alpha value is -0.330. The first-order valence-corrected chi connectivity index (χ1v) is 5.22. The quantitative estimate of drug-likeness (QED) is 0.587. The van der Waals surface area contributed by atoms with Gasteiger partial charge in [-0.15, -0.1) is 0 Å². The van der Waals surface area contributed by atoms with Gasteiger partial charge in [0.15, 0.2) is 0 Å². The average Bonchev–Trinajstić information content (AvgIpc) is 2.65. The molecule has 0 N–H and O–H groups in total. The van der Waals surface area contributed by atoms with E-state index < -0.39 is 0 Å². The van der Waals surface area contributed by atoms with Crippen molar-refractivity contribution in [2.24, 2.45) is 17.3 Å². The van der Waals surface area contributed by atoms with Crippen LogP contribution in [-0.4, -0.2) is 6.29 Å². The molecule has 68 valence electrons. The fourth-order valence-corrected chi connectivity index (χ4v) is 2.35. The first-order valence-electron chi connectivity index (χ1n) is 5.22. The molecule has 0 radical (unpaired) electrons. The molecule has 1 unspecified atom stereocenters. The minimum absolute atomic E-state index is 0.148. The largest absolute Gasteiger partial charge is 0.303 e. The predicted octanol–water partition coefficient (Wildman–Crippen LogP) is 2.79. The summed E-state index contributed by atoms with van der Waals surface area (Å²) in [5.41, 5.74) is 0.148. The van der Waals surface area contributed by atoms with Crippen LogP contribution >= 0.6 is 0 Å². The molecule has 0 spiro atoms. The van der Waals surface area contributed by atoms with Gasteiger partial charge in [0.1, 0.15) is 6.29 Å². The summed E-state index contributed by atoms with van der Waals surface area (Å²) in [5.74, 6) is 1.74. The van der Waals surface area contributed by atoms with Crippen LogP contribution < -0.4 is 0 Å². The summed E-state index contributed by atoms with van der Waals surface area (Å²) < 4.78 is 0. The molecule has 0 aromatic carbocycles. The lowest BCUT2D eigenvalue weighted by Gasteiger charge is -2.32. The second-order valence-electron chi connectivity index (χ2n) is 4.85. The average molecular weight is 166 g/mol. The zero-order chi connectivity index (χ0) is 8.60. The number of carbonyl (C=O) groups excluding carboxylic acids is 1. The van der Waals surface area contributed by atoms with Gasteiger partial charge in [-0.2, -0.15) is 0 Å². The molecule has 2 fully saturated rings. The van der Waals surface area contributed by atoms with Crippen LogP contribution in [0.4, 0.5) is 0 Å². The van der Waals surface area contributed by atoms with Gasteiger partial charge in [0.05, 0.1) is 0 Å². The molecule has 12 heavy (non-hydrogen) atoms. The lowest BCUT2D eigenvalue weighted by molar-refractivity contribution is -0.112. The van der Waals surface area contributed by atoms with Gasteiger partial charge in [0, 0.05) is 5.41 Å². The van der Waals surface area contributed by atoms with Gasteiger partial charge in [-0.3, -0.25) is 0 Å². The topological polar surface area (TPSA) is 17.1 Å². The van der Waals surface area contributed by atoms with Crippen LogP contribution in [0.15, 0.2) is 0 Å². The van der Waals surface area contributed by atoms with E-state index in [4.69, 9.17) is 0 Å². The molecule has 0 aromatic heterocycles. The van der Waals surface area contributed by atoms with Crippen LogP contribution in [0, 0.1) is 17.3 Å². The zero-order valence-corrected chi connectivity index (χ0v) is 7.88. The first kappa shape index (κ1) is 8.28. The minimum Gasteiger partial charge on any atom is -0.303 e. The van der Waals surface area contributed by atoms with Crippen LogP contribution in [0.5, 0.6) is 0 Å². The molecule has 1 atom stereocenters. The predicted molar refractivity (Wildman–Crippen MR) is 48.9 cm³/mol. The van der Waals surface area contributed by atoms with E-state index in [0.717, 1.165) is 24.7 Å². The SMILES string of the molecule is CC(CC1(C=O)CC1)C1CCC1. The van der Waals surface area contributed by atoms with Crippen LogP contribution in [0.2, 0.25) is 0 Å². The molecule has 1 nitrogen and oxygen atoms in total. The van der Waals surface area contributed by atoms with E-state index >= 15 is 0 Å². The maximum atomic E-state index is 10.8. The monoisotopic (exact) mass is 166 g/mol.